The zero-order chi connectivity index (χ0) is 29.0. The number of amides is 5. The van der Waals surface area contributed by atoms with E-state index in [0.717, 1.165) is 10.5 Å². The molecule has 0 unspecified atom stereocenters. The van der Waals surface area contributed by atoms with E-state index in [1.807, 2.05) is 25.1 Å². The molecule has 3 aromatic carbocycles. The van der Waals surface area contributed by atoms with Gasteiger partial charge in [-0.3, -0.25) is 19.7 Å². The lowest BCUT2D eigenvalue weighted by atomic mass is 10.1. The number of anilines is 2. The lowest BCUT2D eigenvalue weighted by Crippen LogP contribution is -2.54. The van der Waals surface area contributed by atoms with Crippen molar-refractivity contribution in [2.75, 3.05) is 23.4 Å². The van der Waals surface area contributed by atoms with Crippen LogP contribution in [0.4, 0.5) is 16.2 Å². The Morgan fingerprint density at radius 3 is 2.48 bits per heavy atom. The standard InChI is InChI=1S/C29H25Cl2N3O6/c1-4-39-24-13-18(12-21(31)26(24)40-15-25(35)32-22-8-6-5-7-16(22)2)11-20-27(36)33-29(38)34(28(20)37)23-14-19(30)10-9-17(23)3/h5-14H,4,15H2,1-3H3,(H,32,35)(H,33,36,38)/b20-11+. The molecule has 2 N–H and O–H groups in total. The number of hydrogen-bond donors (Lipinski definition) is 2. The third-order valence-electron chi connectivity index (χ3n) is 5.92. The monoisotopic (exact) mass is 581 g/mol. The highest BCUT2D eigenvalue weighted by atomic mass is 35.5. The molecule has 0 spiro atoms. The zero-order valence-electron chi connectivity index (χ0n) is 21.8. The molecule has 3 aromatic rings. The van der Waals surface area contributed by atoms with Crippen LogP contribution >= 0.6 is 23.2 Å². The highest BCUT2D eigenvalue weighted by molar-refractivity contribution is 6.40. The second kappa shape index (κ2) is 12.2. The second-order valence-electron chi connectivity index (χ2n) is 8.80. The van der Waals surface area contributed by atoms with Crippen LogP contribution in [0, 0.1) is 13.8 Å². The molecule has 40 heavy (non-hydrogen) atoms. The molecule has 1 saturated heterocycles. The van der Waals surface area contributed by atoms with Crippen LogP contribution in [0.15, 0.2) is 60.2 Å². The Morgan fingerprint density at radius 1 is 1.00 bits per heavy atom. The molecule has 0 atom stereocenters. The third kappa shape index (κ3) is 6.27. The van der Waals surface area contributed by atoms with Gasteiger partial charge in [0.2, 0.25) is 0 Å². The van der Waals surface area contributed by atoms with Crippen molar-refractivity contribution in [2.24, 2.45) is 0 Å². The van der Waals surface area contributed by atoms with E-state index >= 15 is 0 Å². The maximum absolute atomic E-state index is 13.3. The van der Waals surface area contributed by atoms with Gasteiger partial charge in [-0.25, -0.2) is 9.69 Å². The lowest BCUT2D eigenvalue weighted by molar-refractivity contribution is -0.122. The summed E-state index contributed by atoms with van der Waals surface area (Å²) in [7, 11) is 0. The van der Waals surface area contributed by atoms with Gasteiger partial charge in [0.05, 0.1) is 17.3 Å². The number of hydrogen-bond acceptors (Lipinski definition) is 6. The number of urea groups is 1. The Balaban J connectivity index is 1.61. The normalized spacial score (nSPS) is 14.3. The Morgan fingerprint density at radius 2 is 1.75 bits per heavy atom. The summed E-state index contributed by atoms with van der Waals surface area (Å²) < 4.78 is 11.4. The lowest BCUT2D eigenvalue weighted by Gasteiger charge is -2.27. The van der Waals surface area contributed by atoms with Gasteiger partial charge < -0.3 is 14.8 Å². The number of halogens is 2. The maximum Gasteiger partial charge on any atom is 0.335 e. The Labute approximate surface area is 240 Å². The van der Waals surface area contributed by atoms with E-state index in [1.54, 1.807) is 32.0 Å². The van der Waals surface area contributed by atoms with Gasteiger partial charge in [-0.05, 0) is 73.9 Å². The van der Waals surface area contributed by atoms with Gasteiger partial charge in [-0.1, -0.05) is 47.5 Å². The molecule has 1 heterocycles. The van der Waals surface area contributed by atoms with E-state index in [1.165, 1.54) is 24.3 Å². The number of carbonyl (C=O) groups excluding carboxylic acids is 4. The van der Waals surface area contributed by atoms with E-state index < -0.39 is 23.8 Å². The zero-order valence-corrected chi connectivity index (χ0v) is 23.4. The molecular weight excluding hydrogens is 557 g/mol. The fraction of sp³-hybridized carbons (Fsp3) is 0.172. The van der Waals surface area contributed by atoms with E-state index in [-0.39, 0.29) is 41.0 Å². The molecule has 0 aliphatic carbocycles. The number of benzene rings is 3. The first-order valence-corrected chi connectivity index (χ1v) is 13.0. The predicted octanol–water partition coefficient (Wildman–Crippen LogP) is 5.69. The molecule has 11 heteroatoms. The number of imide groups is 2. The first-order valence-electron chi connectivity index (χ1n) is 12.2. The van der Waals surface area contributed by atoms with Crippen LogP contribution in [0.3, 0.4) is 0 Å². The number of carbonyl (C=O) groups is 4. The number of aryl methyl sites for hydroxylation is 2. The quantitative estimate of drug-likeness (QED) is 0.261. The van der Waals surface area contributed by atoms with Gasteiger partial charge in [-0.15, -0.1) is 0 Å². The summed E-state index contributed by atoms with van der Waals surface area (Å²) in [5.74, 6) is -1.77. The van der Waals surface area contributed by atoms with Crippen LogP contribution in [0.25, 0.3) is 6.08 Å². The van der Waals surface area contributed by atoms with Crippen molar-refractivity contribution in [2.45, 2.75) is 20.8 Å². The fourth-order valence-corrected chi connectivity index (χ4v) is 4.42. The van der Waals surface area contributed by atoms with E-state index in [0.29, 0.717) is 21.8 Å². The Bertz CT molecular complexity index is 1550. The average Bonchev–Trinajstić information content (AvgIpc) is 2.89. The number of nitrogens with zero attached hydrogens (tertiary/aromatic N) is 1. The molecule has 0 bridgehead atoms. The van der Waals surface area contributed by atoms with E-state index in [2.05, 4.69) is 10.6 Å². The molecular formula is C29H25Cl2N3O6. The van der Waals surface area contributed by atoms with Gasteiger partial charge in [0.15, 0.2) is 18.1 Å². The van der Waals surface area contributed by atoms with E-state index in [4.69, 9.17) is 32.7 Å². The largest absolute Gasteiger partial charge is 0.490 e. The number of para-hydroxylation sites is 1. The van der Waals surface area contributed by atoms with Crippen LogP contribution in [-0.2, 0) is 14.4 Å². The summed E-state index contributed by atoms with van der Waals surface area (Å²) in [6, 6.07) is 14.2. The molecule has 0 aromatic heterocycles. The van der Waals surface area contributed by atoms with Gasteiger partial charge in [0, 0.05) is 10.7 Å². The molecule has 5 amide bonds. The minimum Gasteiger partial charge on any atom is -0.490 e. The van der Waals surface area contributed by atoms with Gasteiger partial charge >= 0.3 is 6.03 Å². The first-order chi connectivity index (χ1) is 19.1. The van der Waals surface area contributed by atoms with Crippen molar-refractivity contribution in [3.05, 3.63) is 86.9 Å². The summed E-state index contributed by atoms with van der Waals surface area (Å²) in [6.07, 6.45) is 1.29. The molecule has 0 saturated carbocycles. The fourth-order valence-electron chi connectivity index (χ4n) is 3.98. The van der Waals surface area contributed by atoms with Crippen molar-refractivity contribution in [3.8, 4) is 11.5 Å². The topological polar surface area (TPSA) is 114 Å². The number of rotatable bonds is 8. The summed E-state index contributed by atoms with van der Waals surface area (Å²) in [6.45, 7) is 5.24. The Hall–Kier alpha value is -4.34. The van der Waals surface area contributed by atoms with Crippen LogP contribution in [0.2, 0.25) is 10.0 Å². The molecule has 206 valence electrons. The van der Waals surface area contributed by atoms with Crippen molar-refractivity contribution < 1.29 is 28.7 Å². The smallest absolute Gasteiger partial charge is 0.335 e. The van der Waals surface area contributed by atoms with Crippen molar-refractivity contribution in [1.29, 1.82) is 0 Å². The van der Waals surface area contributed by atoms with Crippen LogP contribution < -0.4 is 25.0 Å². The van der Waals surface area contributed by atoms with Crippen molar-refractivity contribution >= 4 is 64.4 Å². The number of ether oxygens (including phenoxy) is 2. The average molecular weight is 582 g/mol. The highest BCUT2D eigenvalue weighted by Gasteiger charge is 2.37. The highest BCUT2D eigenvalue weighted by Crippen LogP contribution is 2.38. The first kappa shape index (κ1) is 28.7. The summed E-state index contributed by atoms with van der Waals surface area (Å²) in [5.41, 5.74) is 2.44. The van der Waals surface area contributed by atoms with Crippen LogP contribution in [0.5, 0.6) is 11.5 Å². The predicted molar refractivity (Wildman–Crippen MR) is 153 cm³/mol. The van der Waals surface area contributed by atoms with Gasteiger partial charge in [0.1, 0.15) is 5.57 Å². The molecule has 0 radical (unpaired) electrons. The summed E-state index contributed by atoms with van der Waals surface area (Å²) in [5, 5.41) is 5.36. The molecule has 1 aliphatic rings. The third-order valence-corrected chi connectivity index (χ3v) is 6.44. The second-order valence-corrected chi connectivity index (χ2v) is 9.65. The van der Waals surface area contributed by atoms with Gasteiger partial charge in [-0.2, -0.15) is 0 Å². The number of barbiturate groups is 1. The minimum atomic E-state index is -0.890. The maximum atomic E-state index is 13.3. The molecule has 1 aliphatic heterocycles. The van der Waals surface area contributed by atoms with Crippen molar-refractivity contribution in [1.82, 2.24) is 5.32 Å². The summed E-state index contributed by atoms with van der Waals surface area (Å²) in [4.78, 5) is 51.9. The molecule has 4 rings (SSSR count). The molecule has 1 fully saturated rings. The SMILES string of the molecule is CCOc1cc(/C=C2\C(=O)NC(=O)N(c3cc(Cl)ccc3C)C2=O)cc(Cl)c1OCC(=O)Nc1ccccc1C. The number of nitrogens with one attached hydrogen (secondary N) is 2. The minimum absolute atomic E-state index is 0.0868. The molecule has 9 nitrogen and oxygen atoms in total. The summed E-state index contributed by atoms with van der Waals surface area (Å²) >= 11 is 12.6. The van der Waals surface area contributed by atoms with Crippen LogP contribution in [-0.4, -0.2) is 37.0 Å². The van der Waals surface area contributed by atoms with Crippen LogP contribution in [0.1, 0.15) is 23.6 Å². The van der Waals surface area contributed by atoms with Gasteiger partial charge in [0.25, 0.3) is 17.7 Å². The van der Waals surface area contributed by atoms with E-state index in [9.17, 15) is 19.2 Å². The Kier molecular flexibility index (Phi) is 8.77. The van der Waals surface area contributed by atoms with Crippen molar-refractivity contribution in [3.63, 3.8) is 0 Å².